The van der Waals surface area contributed by atoms with Crippen molar-refractivity contribution in [2.45, 2.75) is 25.3 Å². The molecule has 0 bridgehead atoms. The molecule has 1 rings (SSSR count). The molecule has 1 aromatic carbocycles. The van der Waals surface area contributed by atoms with E-state index in [1.165, 1.54) is 7.05 Å². The van der Waals surface area contributed by atoms with E-state index in [1.807, 2.05) is 0 Å². The van der Waals surface area contributed by atoms with Gasteiger partial charge in [-0.05, 0) is 43.5 Å². The number of carbonyl (C=O) groups excluding carboxylic acids is 2. The molecule has 0 spiro atoms. The van der Waals surface area contributed by atoms with Crippen LogP contribution in [0.1, 0.15) is 29.6 Å². The molecule has 0 radical (unpaired) electrons. The Morgan fingerprint density at radius 2 is 1.88 bits per heavy atom. The smallest absolute Gasteiger partial charge is 0.323 e. The summed E-state index contributed by atoms with van der Waals surface area (Å²) in [6.45, 7) is 0.0943. The first-order chi connectivity index (χ1) is 11.3. The Morgan fingerprint density at radius 3 is 2.46 bits per heavy atom. The summed E-state index contributed by atoms with van der Waals surface area (Å²) in [5, 5.41) is 12.0. The zero-order chi connectivity index (χ0) is 18.1. The molecule has 0 saturated carbocycles. The number of nitrogens with zero attached hydrogens (tertiary/aromatic N) is 1. The lowest BCUT2D eigenvalue weighted by Gasteiger charge is -2.19. The average molecular weight is 356 g/mol. The molecule has 0 saturated heterocycles. The number of carbonyl (C=O) groups is 3. The highest BCUT2D eigenvalue weighted by molar-refractivity contribution is 6.30. The van der Waals surface area contributed by atoms with E-state index in [4.69, 9.17) is 22.4 Å². The number of carboxylic acid groups (broad SMARTS) is 1. The van der Waals surface area contributed by atoms with Crippen LogP contribution in [0.15, 0.2) is 24.3 Å². The van der Waals surface area contributed by atoms with E-state index in [-0.39, 0.29) is 12.5 Å². The van der Waals surface area contributed by atoms with Crippen molar-refractivity contribution < 1.29 is 19.5 Å². The van der Waals surface area contributed by atoms with Crippen LogP contribution in [0.2, 0.25) is 5.02 Å². The number of aliphatic carboxylic acids is 1. The lowest BCUT2D eigenvalue weighted by atomic mass is 10.1. The van der Waals surface area contributed by atoms with Crippen molar-refractivity contribution in [1.29, 1.82) is 0 Å². The Labute approximate surface area is 145 Å². The number of unbranched alkanes of at least 4 members (excludes halogenated alkanes) is 1. The summed E-state index contributed by atoms with van der Waals surface area (Å²) < 4.78 is 0. The summed E-state index contributed by atoms with van der Waals surface area (Å²) >= 11 is 5.76. The summed E-state index contributed by atoms with van der Waals surface area (Å²) in [5.41, 5.74) is 6.29. The molecule has 0 aliphatic rings. The summed E-state index contributed by atoms with van der Waals surface area (Å²) in [7, 11) is 1.41. The van der Waals surface area contributed by atoms with Crippen LogP contribution >= 0.6 is 11.6 Å². The Hall–Kier alpha value is -2.12. The number of carboxylic acids is 1. The van der Waals surface area contributed by atoms with Gasteiger partial charge in [0.15, 0.2) is 0 Å². The van der Waals surface area contributed by atoms with E-state index in [0.717, 1.165) is 4.90 Å². The fraction of sp³-hybridized carbons (Fsp3) is 0.438. The minimum Gasteiger partial charge on any atom is -0.480 e. The van der Waals surface area contributed by atoms with Gasteiger partial charge in [0.25, 0.3) is 5.91 Å². The van der Waals surface area contributed by atoms with Crippen LogP contribution in [0.3, 0.4) is 0 Å². The van der Waals surface area contributed by atoms with E-state index in [1.54, 1.807) is 24.3 Å². The van der Waals surface area contributed by atoms with E-state index < -0.39 is 17.9 Å². The Bertz CT molecular complexity index is 577. The fourth-order valence-corrected chi connectivity index (χ4v) is 2.21. The topological polar surface area (TPSA) is 113 Å². The number of benzene rings is 1. The van der Waals surface area contributed by atoms with Gasteiger partial charge in [0.2, 0.25) is 5.91 Å². The first-order valence-electron chi connectivity index (χ1n) is 7.57. The second-order valence-corrected chi connectivity index (χ2v) is 5.89. The standard InChI is InChI=1S/C16H22ClN3O4/c1-20(10-14(21)22)16(24)13(18)4-2-3-9-19-15(23)11-5-7-12(17)8-6-11/h5-8,13H,2-4,9-10,18H2,1H3,(H,19,23)(H,21,22). The Balaban J connectivity index is 2.23. The van der Waals surface area contributed by atoms with Gasteiger partial charge in [-0.25, -0.2) is 0 Å². The van der Waals surface area contributed by atoms with Gasteiger partial charge in [0.1, 0.15) is 6.54 Å². The summed E-state index contributed by atoms with van der Waals surface area (Å²) in [4.78, 5) is 35.3. The van der Waals surface area contributed by atoms with Crippen molar-refractivity contribution in [3.63, 3.8) is 0 Å². The van der Waals surface area contributed by atoms with E-state index >= 15 is 0 Å². The van der Waals surface area contributed by atoms with Gasteiger partial charge in [-0.15, -0.1) is 0 Å². The maximum atomic E-state index is 11.9. The molecule has 24 heavy (non-hydrogen) atoms. The second-order valence-electron chi connectivity index (χ2n) is 5.45. The Kier molecular flexibility index (Phi) is 8.21. The molecule has 1 unspecified atom stereocenters. The summed E-state index contributed by atoms with van der Waals surface area (Å²) in [6, 6.07) is 5.85. The molecule has 8 heteroatoms. The molecule has 0 aromatic heterocycles. The second kappa shape index (κ2) is 9.89. The first kappa shape index (κ1) is 19.9. The minimum absolute atomic E-state index is 0.187. The minimum atomic E-state index is -1.08. The molecule has 7 nitrogen and oxygen atoms in total. The molecule has 1 aromatic rings. The molecule has 0 aliphatic heterocycles. The van der Waals surface area contributed by atoms with Crippen molar-refractivity contribution in [3.05, 3.63) is 34.9 Å². The number of halogens is 1. The predicted octanol–water partition coefficient (Wildman–Crippen LogP) is 1.11. The van der Waals surface area contributed by atoms with Gasteiger partial charge < -0.3 is 21.1 Å². The molecule has 4 N–H and O–H groups in total. The van der Waals surface area contributed by atoms with Crippen LogP contribution < -0.4 is 11.1 Å². The van der Waals surface area contributed by atoms with Gasteiger partial charge in [-0.2, -0.15) is 0 Å². The molecular weight excluding hydrogens is 334 g/mol. The van der Waals surface area contributed by atoms with Gasteiger partial charge in [-0.3, -0.25) is 14.4 Å². The van der Waals surface area contributed by atoms with E-state index in [0.29, 0.717) is 36.4 Å². The van der Waals surface area contributed by atoms with Gasteiger partial charge in [-0.1, -0.05) is 11.6 Å². The molecule has 132 valence electrons. The van der Waals surface area contributed by atoms with E-state index in [9.17, 15) is 14.4 Å². The molecule has 0 aliphatic carbocycles. The normalized spacial score (nSPS) is 11.6. The van der Waals surface area contributed by atoms with E-state index in [2.05, 4.69) is 5.32 Å². The number of rotatable bonds is 9. The zero-order valence-corrected chi connectivity index (χ0v) is 14.3. The molecule has 2 amide bonds. The highest BCUT2D eigenvalue weighted by Crippen LogP contribution is 2.09. The maximum absolute atomic E-state index is 11.9. The number of nitrogens with one attached hydrogen (secondary N) is 1. The molecular formula is C16H22ClN3O4. The molecule has 0 heterocycles. The van der Waals surface area contributed by atoms with Crippen molar-refractivity contribution >= 4 is 29.4 Å². The average Bonchev–Trinajstić information content (AvgIpc) is 2.53. The monoisotopic (exact) mass is 355 g/mol. The molecule has 1 atom stereocenters. The number of hydrogen-bond acceptors (Lipinski definition) is 4. The van der Waals surface area contributed by atoms with Crippen molar-refractivity contribution in [1.82, 2.24) is 10.2 Å². The fourth-order valence-electron chi connectivity index (χ4n) is 2.08. The van der Waals surface area contributed by atoms with Crippen LogP contribution in [0.4, 0.5) is 0 Å². The third-order valence-electron chi connectivity index (χ3n) is 3.40. The largest absolute Gasteiger partial charge is 0.480 e. The van der Waals surface area contributed by atoms with Crippen LogP contribution in [0, 0.1) is 0 Å². The zero-order valence-electron chi connectivity index (χ0n) is 13.5. The van der Waals surface area contributed by atoms with Gasteiger partial charge in [0.05, 0.1) is 6.04 Å². The van der Waals surface area contributed by atoms with Crippen LogP contribution in [0.5, 0.6) is 0 Å². The first-order valence-corrected chi connectivity index (χ1v) is 7.95. The Morgan fingerprint density at radius 1 is 1.25 bits per heavy atom. The summed E-state index contributed by atoms with van der Waals surface area (Å²) in [6.07, 6.45) is 1.75. The van der Waals surface area contributed by atoms with Gasteiger partial charge >= 0.3 is 5.97 Å². The number of likely N-dealkylation sites (N-methyl/N-ethyl adjacent to an activating group) is 1. The van der Waals surface area contributed by atoms with Gasteiger partial charge in [0, 0.05) is 24.2 Å². The third kappa shape index (κ3) is 6.97. The van der Waals surface area contributed by atoms with Crippen molar-refractivity contribution in [2.75, 3.05) is 20.1 Å². The highest BCUT2D eigenvalue weighted by Gasteiger charge is 2.19. The van der Waals surface area contributed by atoms with Crippen molar-refractivity contribution in [3.8, 4) is 0 Å². The summed E-state index contributed by atoms with van der Waals surface area (Å²) in [5.74, 6) is -1.67. The number of nitrogens with two attached hydrogens (primary N) is 1. The van der Waals surface area contributed by atoms with Crippen LogP contribution in [-0.4, -0.2) is 54.0 Å². The lowest BCUT2D eigenvalue weighted by Crippen LogP contribution is -2.43. The lowest BCUT2D eigenvalue weighted by molar-refractivity contribution is -0.144. The maximum Gasteiger partial charge on any atom is 0.323 e. The molecule has 0 fully saturated rings. The SMILES string of the molecule is CN(CC(=O)O)C(=O)C(N)CCCCNC(=O)c1ccc(Cl)cc1. The quantitative estimate of drug-likeness (QED) is 0.574. The third-order valence-corrected chi connectivity index (χ3v) is 3.65. The number of amides is 2. The van der Waals surface area contributed by atoms with Crippen molar-refractivity contribution in [2.24, 2.45) is 5.73 Å². The predicted molar refractivity (Wildman–Crippen MR) is 90.9 cm³/mol. The highest BCUT2D eigenvalue weighted by atomic mass is 35.5. The van der Waals surface area contributed by atoms with Crippen LogP contribution in [0.25, 0.3) is 0 Å². The van der Waals surface area contributed by atoms with Crippen LogP contribution in [-0.2, 0) is 9.59 Å². The number of hydrogen-bond donors (Lipinski definition) is 3.